The van der Waals surface area contributed by atoms with Crippen molar-refractivity contribution in [2.75, 3.05) is 4.90 Å². The Morgan fingerprint density at radius 2 is 1.65 bits per heavy atom. The first-order valence-electron chi connectivity index (χ1n) is 13.3. The summed E-state index contributed by atoms with van der Waals surface area (Å²) >= 11 is 0. The first-order valence-corrected chi connectivity index (χ1v) is 13.3. The zero-order valence-corrected chi connectivity index (χ0v) is 20.3. The van der Waals surface area contributed by atoms with Crippen LogP contribution in [0.4, 0.5) is 11.4 Å². The standard InChI is InChI=1S/C34H24BNO/c1-2-8-22-19-23(14-13-21(22)7-1)24-15-17-29-26(20-24)25-16-18-32-33-34(25)36(29)30-11-5-3-9-27(30)35(33)28-10-4-6-12-31(28)37-32/h1-20,26,28-29,31H. The van der Waals surface area contributed by atoms with E-state index in [0.29, 0.717) is 18.4 Å². The van der Waals surface area contributed by atoms with E-state index in [-0.39, 0.29) is 12.1 Å². The molecular formula is C34H24BNO. The molecule has 2 aliphatic carbocycles. The van der Waals surface area contributed by atoms with E-state index < -0.39 is 0 Å². The van der Waals surface area contributed by atoms with Gasteiger partial charge in [0.05, 0.1) is 6.04 Å². The van der Waals surface area contributed by atoms with Crippen LogP contribution < -0.4 is 20.6 Å². The average Bonchev–Trinajstić information content (AvgIpc) is 3.30. The monoisotopic (exact) mass is 473 g/mol. The molecule has 4 atom stereocenters. The summed E-state index contributed by atoms with van der Waals surface area (Å²) in [4.78, 5) is 2.60. The van der Waals surface area contributed by atoms with Gasteiger partial charge in [0, 0.05) is 23.1 Å². The minimum Gasteiger partial charge on any atom is -0.487 e. The minimum atomic E-state index is 0.0862. The molecule has 4 aromatic carbocycles. The summed E-state index contributed by atoms with van der Waals surface area (Å²) in [6.07, 6.45) is 16.2. The third-order valence-corrected chi connectivity index (χ3v) is 9.00. The van der Waals surface area contributed by atoms with Crippen molar-refractivity contribution in [1.29, 1.82) is 0 Å². The van der Waals surface area contributed by atoms with Crippen LogP contribution in [0.3, 0.4) is 0 Å². The molecule has 4 aromatic rings. The van der Waals surface area contributed by atoms with Crippen LogP contribution in [-0.2, 0) is 0 Å². The molecule has 3 heterocycles. The predicted octanol–water partition coefficient (Wildman–Crippen LogP) is 6.28. The molecule has 174 valence electrons. The Morgan fingerprint density at radius 1 is 0.784 bits per heavy atom. The van der Waals surface area contributed by atoms with Gasteiger partial charge >= 0.3 is 0 Å². The molecule has 2 nitrogen and oxygen atoms in total. The second kappa shape index (κ2) is 7.17. The van der Waals surface area contributed by atoms with Gasteiger partial charge in [-0.15, -0.1) is 0 Å². The zero-order valence-electron chi connectivity index (χ0n) is 20.3. The second-order valence-corrected chi connectivity index (χ2v) is 10.8. The Morgan fingerprint density at radius 3 is 2.62 bits per heavy atom. The highest BCUT2D eigenvalue weighted by atomic mass is 16.5. The van der Waals surface area contributed by atoms with Crippen molar-refractivity contribution >= 4 is 45.4 Å². The first kappa shape index (κ1) is 19.9. The predicted molar refractivity (Wildman–Crippen MR) is 154 cm³/mol. The summed E-state index contributed by atoms with van der Waals surface area (Å²) in [7, 11) is 0. The highest BCUT2D eigenvalue weighted by Crippen LogP contribution is 2.53. The maximum Gasteiger partial charge on any atom is 0.230 e. The van der Waals surface area contributed by atoms with E-state index in [1.54, 1.807) is 0 Å². The SMILES string of the molecule is C1=CC2Oc3ccc4c5c3B(c3ccccc3N5C3C=CC(c5ccc6ccccc6c5)=CC43)C2C=C1. The molecule has 0 N–H and O–H groups in total. The van der Waals surface area contributed by atoms with Gasteiger partial charge in [-0.1, -0.05) is 97.1 Å². The van der Waals surface area contributed by atoms with Crippen LogP contribution >= 0.6 is 0 Å². The van der Waals surface area contributed by atoms with Crippen molar-refractivity contribution in [2.24, 2.45) is 0 Å². The Hall–Kier alpha value is -4.24. The fourth-order valence-electron chi connectivity index (χ4n) is 7.42. The number of benzene rings is 4. The molecule has 0 amide bonds. The molecule has 0 saturated carbocycles. The summed E-state index contributed by atoms with van der Waals surface area (Å²) in [5, 5.41) is 2.57. The molecule has 0 fully saturated rings. The van der Waals surface area contributed by atoms with Gasteiger partial charge < -0.3 is 9.64 Å². The molecular weight excluding hydrogens is 449 g/mol. The van der Waals surface area contributed by atoms with Gasteiger partial charge in [-0.05, 0) is 62.7 Å². The summed E-state index contributed by atoms with van der Waals surface area (Å²) in [6, 6.07) is 29.3. The van der Waals surface area contributed by atoms with Crippen molar-refractivity contribution < 1.29 is 4.74 Å². The first-order chi connectivity index (χ1) is 18.3. The van der Waals surface area contributed by atoms with Gasteiger partial charge in [0.15, 0.2) is 0 Å². The van der Waals surface area contributed by atoms with Crippen molar-refractivity contribution in [1.82, 2.24) is 0 Å². The highest BCUT2D eigenvalue weighted by Gasteiger charge is 2.51. The Kier molecular flexibility index (Phi) is 3.85. The highest BCUT2D eigenvalue weighted by molar-refractivity contribution is 6.90. The summed E-state index contributed by atoms with van der Waals surface area (Å²) in [5.41, 5.74) is 9.53. The van der Waals surface area contributed by atoms with E-state index in [0.717, 1.165) is 5.75 Å². The molecule has 0 saturated heterocycles. The van der Waals surface area contributed by atoms with E-state index in [9.17, 15) is 0 Å². The van der Waals surface area contributed by atoms with Crippen LogP contribution in [0.5, 0.6) is 5.75 Å². The number of nitrogens with zero attached hydrogens (tertiary/aromatic N) is 1. The lowest BCUT2D eigenvalue weighted by molar-refractivity contribution is 0.247. The Labute approximate surface area is 217 Å². The number of rotatable bonds is 1. The van der Waals surface area contributed by atoms with Crippen LogP contribution in [0.1, 0.15) is 17.0 Å². The lowest BCUT2D eigenvalue weighted by Crippen LogP contribution is -2.59. The van der Waals surface area contributed by atoms with Crippen molar-refractivity contribution in [3.05, 3.63) is 133 Å². The number of hydrogen-bond donors (Lipinski definition) is 0. The number of hydrogen-bond acceptors (Lipinski definition) is 2. The molecule has 0 radical (unpaired) electrons. The quantitative estimate of drug-likeness (QED) is 0.302. The van der Waals surface area contributed by atoms with Gasteiger partial charge in [-0.25, -0.2) is 0 Å². The second-order valence-electron chi connectivity index (χ2n) is 10.8. The lowest BCUT2D eigenvalue weighted by Gasteiger charge is -2.44. The van der Waals surface area contributed by atoms with Crippen LogP contribution in [0.25, 0.3) is 16.3 Å². The maximum absolute atomic E-state index is 6.62. The third-order valence-electron chi connectivity index (χ3n) is 9.00. The van der Waals surface area contributed by atoms with Gasteiger partial charge in [0.25, 0.3) is 0 Å². The van der Waals surface area contributed by atoms with Crippen LogP contribution in [-0.4, -0.2) is 18.9 Å². The number of fused-ring (bicyclic) bond motifs is 9. The van der Waals surface area contributed by atoms with E-state index >= 15 is 0 Å². The van der Waals surface area contributed by atoms with E-state index in [1.807, 2.05) is 0 Å². The van der Waals surface area contributed by atoms with Gasteiger partial charge in [0.1, 0.15) is 11.9 Å². The normalized spacial score (nSPS) is 25.2. The van der Waals surface area contributed by atoms with E-state index in [4.69, 9.17) is 4.74 Å². The van der Waals surface area contributed by atoms with E-state index in [2.05, 4.69) is 126 Å². The molecule has 4 unspecified atom stereocenters. The molecule has 5 aliphatic rings. The molecule has 0 bridgehead atoms. The average molecular weight is 473 g/mol. The molecule has 3 aliphatic heterocycles. The fraction of sp³-hybridized carbons (Fsp3) is 0.118. The van der Waals surface area contributed by atoms with Gasteiger partial charge in [-0.2, -0.15) is 0 Å². The lowest BCUT2D eigenvalue weighted by atomic mass is 9.30. The molecule has 0 aromatic heterocycles. The number of ether oxygens (including phenoxy) is 1. The van der Waals surface area contributed by atoms with E-state index in [1.165, 1.54) is 49.8 Å². The molecule has 9 rings (SSSR count). The van der Waals surface area contributed by atoms with Gasteiger partial charge in [-0.3, -0.25) is 0 Å². The fourth-order valence-corrected chi connectivity index (χ4v) is 7.42. The van der Waals surface area contributed by atoms with Crippen molar-refractivity contribution in [3.8, 4) is 5.75 Å². The summed E-state index contributed by atoms with van der Waals surface area (Å²) < 4.78 is 6.62. The smallest absolute Gasteiger partial charge is 0.230 e. The number of anilines is 2. The molecule has 3 heteroatoms. The van der Waals surface area contributed by atoms with Crippen molar-refractivity contribution in [3.63, 3.8) is 0 Å². The van der Waals surface area contributed by atoms with Crippen LogP contribution in [0.15, 0.2) is 121 Å². The Bertz CT molecular complexity index is 1760. The summed E-state index contributed by atoms with van der Waals surface area (Å²) in [6.45, 7) is 0.311. The summed E-state index contributed by atoms with van der Waals surface area (Å²) in [5.74, 6) is 1.66. The largest absolute Gasteiger partial charge is 0.487 e. The Balaban J connectivity index is 1.24. The maximum atomic E-state index is 6.62. The minimum absolute atomic E-state index is 0.0862. The third kappa shape index (κ3) is 2.61. The topological polar surface area (TPSA) is 12.5 Å². The van der Waals surface area contributed by atoms with Crippen LogP contribution in [0.2, 0.25) is 5.82 Å². The number of para-hydroxylation sites is 1. The van der Waals surface area contributed by atoms with Crippen molar-refractivity contribution in [2.45, 2.75) is 23.9 Å². The zero-order chi connectivity index (χ0) is 24.1. The van der Waals surface area contributed by atoms with Crippen LogP contribution in [0, 0.1) is 0 Å². The van der Waals surface area contributed by atoms with Gasteiger partial charge in [0.2, 0.25) is 6.71 Å². The molecule has 37 heavy (non-hydrogen) atoms. The molecule has 0 spiro atoms. The number of allylic oxidation sites excluding steroid dienone is 4.